The normalized spacial score (nSPS) is 11.9. The van der Waals surface area contributed by atoms with Crippen LogP contribution in [0.15, 0.2) is 18.2 Å². The van der Waals surface area contributed by atoms with Gasteiger partial charge in [-0.2, -0.15) is 0 Å². The Hall–Kier alpha value is -0.770. The molecule has 0 saturated carbocycles. The van der Waals surface area contributed by atoms with Gasteiger partial charge in [0.15, 0.2) is 0 Å². The van der Waals surface area contributed by atoms with E-state index < -0.39 is 0 Å². The van der Waals surface area contributed by atoms with E-state index in [1.807, 2.05) is 19.1 Å². The van der Waals surface area contributed by atoms with Crippen molar-refractivity contribution in [3.05, 3.63) is 29.3 Å². The summed E-state index contributed by atoms with van der Waals surface area (Å²) in [5.74, 6) is 0.237. The van der Waals surface area contributed by atoms with Crippen molar-refractivity contribution in [3.8, 4) is 5.75 Å². The number of aliphatic hydroxyl groups excluding tert-OH is 1. The van der Waals surface area contributed by atoms with Crippen LogP contribution in [0.25, 0.3) is 0 Å². The third kappa shape index (κ3) is 4.08. The molecule has 15 heavy (non-hydrogen) atoms. The molecule has 0 aliphatic heterocycles. The first-order chi connectivity index (χ1) is 6.65. The van der Waals surface area contributed by atoms with Gasteiger partial charge in [-0.05, 0) is 25.8 Å². The smallest absolute Gasteiger partial charge is 0.120 e. The minimum atomic E-state index is -0.193. The number of phenolic OH excluding ortho intramolecular Hbond substituents is 1. The third-order valence-corrected chi connectivity index (χ3v) is 2.26. The third-order valence-electron chi connectivity index (χ3n) is 2.26. The molecule has 86 valence electrons. The molecule has 0 spiro atoms. The molecule has 1 atom stereocenters. The summed E-state index contributed by atoms with van der Waals surface area (Å²) in [5, 5.41) is 18.2. The Kier molecular flexibility index (Phi) is 6.32. The number of nitrogens with two attached hydrogens (primary N) is 1. The van der Waals surface area contributed by atoms with Crippen molar-refractivity contribution in [3.63, 3.8) is 0 Å². The van der Waals surface area contributed by atoms with Crippen LogP contribution in [0, 0.1) is 6.92 Å². The Bertz CT molecular complexity index is 305. The number of hydrogen-bond donors (Lipinski definition) is 3. The molecule has 0 heterocycles. The lowest BCUT2D eigenvalue weighted by Crippen LogP contribution is -2.11. The monoisotopic (exact) mass is 231 g/mol. The zero-order chi connectivity index (χ0) is 10.6. The topological polar surface area (TPSA) is 66.5 Å². The molecule has 0 unspecified atom stereocenters. The first-order valence-corrected chi connectivity index (χ1v) is 4.81. The van der Waals surface area contributed by atoms with E-state index in [-0.39, 0.29) is 30.8 Å². The lowest BCUT2D eigenvalue weighted by atomic mass is 10.0. The summed E-state index contributed by atoms with van der Waals surface area (Å²) < 4.78 is 0. The molecule has 4 N–H and O–H groups in total. The second-order valence-corrected chi connectivity index (χ2v) is 3.53. The highest BCUT2D eigenvalue weighted by molar-refractivity contribution is 5.85. The molecular weight excluding hydrogens is 214 g/mol. The molecule has 1 rings (SSSR count). The molecule has 0 amide bonds. The summed E-state index contributed by atoms with van der Waals surface area (Å²) in [4.78, 5) is 0. The van der Waals surface area contributed by atoms with E-state index in [0.29, 0.717) is 12.8 Å². The van der Waals surface area contributed by atoms with Crippen LogP contribution in [0.1, 0.15) is 30.0 Å². The van der Waals surface area contributed by atoms with Gasteiger partial charge in [0.05, 0.1) is 0 Å². The van der Waals surface area contributed by atoms with Crippen molar-refractivity contribution < 1.29 is 10.2 Å². The number of hydrogen-bond acceptors (Lipinski definition) is 3. The highest BCUT2D eigenvalue weighted by atomic mass is 35.5. The van der Waals surface area contributed by atoms with Crippen LogP contribution in [-0.4, -0.2) is 16.8 Å². The Morgan fingerprint density at radius 3 is 2.67 bits per heavy atom. The predicted octanol–water partition coefficient (Wildman–Crippen LogP) is 1.89. The van der Waals surface area contributed by atoms with E-state index in [4.69, 9.17) is 10.8 Å². The van der Waals surface area contributed by atoms with Gasteiger partial charge in [0.1, 0.15) is 5.75 Å². The molecule has 0 fully saturated rings. The molecule has 0 aromatic heterocycles. The van der Waals surface area contributed by atoms with E-state index in [0.717, 1.165) is 11.1 Å². The average molecular weight is 232 g/mol. The standard InChI is InChI=1S/C11H17NO2.ClH/c1-8-4-5-11(14)9(7-8)10(12)3-2-6-13;/h4-5,7,10,13-14H,2-3,6,12H2,1H3;1H/t10-;/m1./s1. The highest BCUT2D eigenvalue weighted by Gasteiger charge is 2.10. The first-order valence-electron chi connectivity index (χ1n) is 4.81. The van der Waals surface area contributed by atoms with Crippen molar-refractivity contribution in [2.24, 2.45) is 5.73 Å². The number of halogens is 1. The highest BCUT2D eigenvalue weighted by Crippen LogP contribution is 2.26. The fourth-order valence-electron chi connectivity index (χ4n) is 1.44. The molecule has 0 saturated heterocycles. The minimum Gasteiger partial charge on any atom is -0.508 e. The summed E-state index contributed by atoms with van der Waals surface area (Å²) >= 11 is 0. The summed E-state index contributed by atoms with van der Waals surface area (Å²) in [5.41, 5.74) is 7.72. The Morgan fingerprint density at radius 2 is 2.07 bits per heavy atom. The van der Waals surface area contributed by atoms with Gasteiger partial charge < -0.3 is 15.9 Å². The maximum atomic E-state index is 9.56. The van der Waals surface area contributed by atoms with Crippen LogP contribution in [-0.2, 0) is 0 Å². The molecule has 4 heteroatoms. The van der Waals surface area contributed by atoms with Crippen LogP contribution in [0.2, 0.25) is 0 Å². The van der Waals surface area contributed by atoms with Crippen molar-refractivity contribution >= 4 is 12.4 Å². The molecule has 3 nitrogen and oxygen atoms in total. The van der Waals surface area contributed by atoms with Gasteiger partial charge in [0.2, 0.25) is 0 Å². The summed E-state index contributed by atoms with van der Waals surface area (Å²) in [6.07, 6.45) is 1.35. The summed E-state index contributed by atoms with van der Waals surface area (Å²) in [7, 11) is 0. The molecule has 0 radical (unpaired) electrons. The lowest BCUT2D eigenvalue weighted by Gasteiger charge is -2.13. The SMILES string of the molecule is Cc1ccc(O)c([C@H](N)CCCO)c1.Cl. The maximum Gasteiger partial charge on any atom is 0.120 e. The molecule has 0 aliphatic rings. The molecule has 1 aromatic rings. The Morgan fingerprint density at radius 1 is 1.40 bits per heavy atom. The number of aliphatic hydroxyl groups is 1. The number of benzene rings is 1. The summed E-state index contributed by atoms with van der Waals surface area (Å²) in [6, 6.07) is 5.19. The second-order valence-electron chi connectivity index (χ2n) is 3.53. The molecular formula is C11H18ClNO2. The summed E-state index contributed by atoms with van der Waals surface area (Å²) in [6.45, 7) is 2.10. The number of rotatable bonds is 4. The second kappa shape index (κ2) is 6.67. The lowest BCUT2D eigenvalue weighted by molar-refractivity contribution is 0.279. The average Bonchev–Trinajstić information content (AvgIpc) is 2.18. The van der Waals surface area contributed by atoms with E-state index in [9.17, 15) is 5.11 Å². The first kappa shape index (κ1) is 14.2. The van der Waals surface area contributed by atoms with Crippen molar-refractivity contribution in [2.45, 2.75) is 25.8 Å². The Labute approximate surface area is 96.3 Å². The predicted molar refractivity (Wildman–Crippen MR) is 63.3 cm³/mol. The fourth-order valence-corrected chi connectivity index (χ4v) is 1.44. The fraction of sp³-hybridized carbons (Fsp3) is 0.455. The molecule has 0 bridgehead atoms. The van der Waals surface area contributed by atoms with Gasteiger partial charge in [-0.1, -0.05) is 17.7 Å². The van der Waals surface area contributed by atoms with Crippen molar-refractivity contribution in [2.75, 3.05) is 6.61 Å². The van der Waals surface area contributed by atoms with Crippen LogP contribution < -0.4 is 5.73 Å². The number of phenols is 1. The largest absolute Gasteiger partial charge is 0.508 e. The van der Waals surface area contributed by atoms with Crippen molar-refractivity contribution in [1.29, 1.82) is 0 Å². The number of aryl methyl sites for hydroxylation is 1. The quantitative estimate of drug-likeness (QED) is 0.742. The van der Waals surface area contributed by atoms with Gasteiger partial charge in [0, 0.05) is 18.2 Å². The number of aromatic hydroxyl groups is 1. The van der Waals surface area contributed by atoms with E-state index in [1.54, 1.807) is 6.07 Å². The zero-order valence-corrected chi connectivity index (χ0v) is 9.63. The van der Waals surface area contributed by atoms with E-state index in [1.165, 1.54) is 0 Å². The minimum absolute atomic E-state index is 0. The van der Waals surface area contributed by atoms with Gasteiger partial charge >= 0.3 is 0 Å². The van der Waals surface area contributed by atoms with Gasteiger partial charge in [0.25, 0.3) is 0 Å². The van der Waals surface area contributed by atoms with E-state index in [2.05, 4.69) is 0 Å². The van der Waals surface area contributed by atoms with Gasteiger partial charge in [-0.15, -0.1) is 12.4 Å². The Balaban J connectivity index is 0.00000196. The van der Waals surface area contributed by atoms with Crippen molar-refractivity contribution in [1.82, 2.24) is 0 Å². The van der Waals surface area contributed by atoms with Crippen LogP contribution >= 0.6 is 12.4 Å². The van der Waals surface area contributed by atoms with Crippen LogP contribution in [0.3, 0.4) is 0 Å². The van der Waals surface area contributed by atoms with E-state index >= 15 is 0 Å². The van der Waals surface area contributed by atoms with Crippen LogP contribution in [0.4, 0.5) is 0 Å². The van der Waals surface area contributed by atoms with Gasteiger partial charge in [-0.3, -0.25) is 0 Å². The van der Waals surface area contributed by atoms with Gasteiger partial charge in [-0.25, -0.2) is 0 Å². The van der Waals surface area contributed by atoms with Crippen LogP contribution in [0.5, 0.6) is 5.75 Å². The molecule has 1 aromatic carbocycles. The maximum absolute atomic E-state index is 9.56. The molecule has 0 aliphatic carbocycles. The zero-order valence-electron chi connectivity index (χ0n) is 8.81.